The van der Waals surface area contributed by atoms with Gasteiger partial charge in [-0.25, -0.2) is 0 Å². The molecule has 0 spiro atoms. The molecular formula is C16H16BrNO2. The maximum absolute atomic E-state index is 12.2. The average molecular weight is 334 g/mol. The highest BCUT2D eigenvalue weighted by molar-refractivity contribution is 9.10. The first-order chi connectivity index (χ1) is 9.47. The van der Waals surface area contributed by atoms with Gasteiger partial charge in [0.15, 0.2) is 5.78 Å². The van der Waals surface area contributed by atoms with Crippen LogP contribution in [0.5, 0.6) is 0 Å². The van der Waals surface area contributed by atoms with Gasteiger partial charge in [-0.1, -0.05) is 38.1 Å². The van der Waals surface area contributed by atoms with E-state index in [0.29, 0.717) is 11.5 Å². The minimum atomic E-state index is -0.180. The fourth-order valence-electron chi connectivity index (χ4n) is 1.93. The number of rotatable bonds is 4. The van der Waals surface area contributed by atoms with Crippen LogP contribution in [-0.2, 0) is 6.54 Å². The molecule has 0 saturated carbocycles. The highest BCUT2D eigenvalue weighted by Crippen LogP contribution is 2.15. The third-order valence-electron chi connectivity index (χ3n) is 3.16. The van der Waals surface area contributed by atoms with Crippen molar-refractivity contribution < 1.29 is 4.79 Å². The van der Waals surface area contributed by atoms with E-state index in [1.165, 1.54) is 16.2 Å². The van der Waals surface area contributed by atoms with Gasteiger partial charge in [0.2, 0.25) is 0 Å². The lowest BCUT2D eigenvalue weighted by Crippen LogP contribution is -2.22. The van der Waals surface area contributed by atoms with Crippen molar-refractivity contribution >= 4 is 21.7 Å². The van der Waals surface area contributed by atoms with E-state index in [1.807, 2.05) is 24.3 Å². The van der Waals surface area contributed by atoms with Gasteiger partial charge in [-0.2, -0.15) is 0 Å². The summed E-state index contributed by atoms with van der Waals surface area (Å²) in [7, 11) is 0. The number of benzene rings is 1. The van der Waals surface area contributed by atoms with Gasteiger partial charge in [0.25, 0.3) is 5.56 Å². The first-order valence-electron chi connectivity index (χ1n) is 6.46. The summed E-state index contributed by atoms with van der Waals surface area (Å²) >= 11 is 3.30. The highest BCUT2D eigenvalue weighted by Gasteiger charge is 2.09. The van der Waals surface area contributed by atoms with Gasteiger partial charge < -0.3 is 4.57 Å². The van der Waals surface area contributed by atoms with Crippen molar-refractivity contribution in [3.8, 4) is 0 Å². The number of pyridine rings is 1. The Morgan fingerprint density at radius 1 is 1.15 bits per heavy atom. The van der Waals surface area contributed by atoms with E-state index in [1.54, 1.807) is 12.3 Å². The van der Waals surface area contributed by atoms with Crippen LogP contribution in [0.15, 0.2) is 51.9 Å². The largest absolute Gasteiger partial charge is 0.307 e. The second-order valence-electron chi connectivity index (χ2n) is 5.01. The molecule has 20 heavy (non-hydrogen) atoms. The van der Waals surface area contributed by atoms with E-state index < -0.39 is 0 Å². The summed E-state index contributed by atoms with van der Waals surface area (Å²) in [5.74, 6) is 0.368. The summed E-state index contributed by atoms with van der Waals surface area (Å²) < 4.78 is 2.18. The number of nitrogens with zero attached hydrogens (tertiary/aromatic N) is 1. The van der Waals surface area contributed by atoms with E-state index in [-0.39, 0.29) is 17.9 Å². The summed E-state index contributed by atoms with van der Waals surface area (Å²) in [6.45, 7) is 4.27. The Kier molecular flexibility index (Phi) is 4.55. The topological polar surface area (TPSA) is 39.1 Å². The Bertz CT molecular complexity index is 672. The van der Waals surface area contributed by atoms with Gasteiger partial charge in [-0.05, 0) is 33.5 Å². The van der Waals surface area contributed by atoms with Crippen LogP contribution in [0.2, 0.25) is 0 Å². The van der Waals surface area contributed by atoms with Crippen molar-refractivity contribution in [2.75, 3.05) is 0 Å². The number of aromatic nitrogens is 1. The Labute approximate surface area is 126 Å². The SMILES string of the molecule is CC(C)c1ccc(C(=O)Cn2cc(Br)ccc2=O)cc1. The number of hydrogen-bond donors (Lipinski definition) is 0. The monoisotopic (exact) mass is 333 g/mol. The Hall–Kier alpha value is -1.68. The molecule has 1 heterocycles. The summed E-state index contributed by atoms with van der Waals surface area (Å²) in [5.41, 5.74) is 1.64. The van der Waals surface area contributed by atoms with E-state index in [0.717, 1.165) is 4.47 Å². The molecular weight excluding hydrogens is 318 g/mol. The normalized spacial score (nSPS) is 10.8. The molecule has 1 aromatic heterocycles. The molecule has 0 atom stereocenters. The van der Waals surface area contributed by atoms with Crippen LogP contribution < -0.4 is 5.56 Å². The number of carbonyl (C=O) groups excluding carboxylic acids is 1. The zero-order chi connectivity index (χ0) is 14.7. The zero-order valence-electron chi connectivity index (χ0n) is 11.5. The molecule has 4 heteroatoms. The molecule has 0 amide bonds. The summed E-state index contributed by atoms with van der Waals surface area (Å²) in [4.78, 5) is 23.9. The van der Waals surface area contributed by atoms with Crippen LogP contribution in [0.25, 0.3) is 0 Å². The minimum Gasteiger partial charge on any atom is -0.307 e. The van der Waals surface area contributed by atoms with Crippen molar-refractivity contribution in [1.29, 1.82) is 0 Å². The Morgan fingerprint density at radius 2 is 1.80 bits per heavy atom. The predicted octanol–water partition coefficient (Wildman–Crippen LogP) is 3.62. The molecule has 0 fully saturated rings. The fourth-order valence-corrected chi connectivity index (χ4v) is 2.30. The molecule has 2 rings (SSSR count). The van der Waals surface area contributed by atoms with E-state index in [4.69, 9.17) is 0 Å². The van der Waals surface area contributed by atoms with Gasteiger partial charge in [0.05, 0.1) is 6.54 Å². The second kappa shape index (κ2) is 6.18. The molecule has 0 radical (unpaired) electrons. The van der Waals surface area contributed by atoms with Gasteiger partial charge in [-0.15, -0.1) is 0 Å². The lowest BCUT2D eigenvalue weighted by Gasteiger charge is -2.08. The number of halogens is 1. The van der Waals surface area contributed by atoms with Gasteiger partial charge in [-0.3, -0.25) is 9.59 Å². The number of carbonyl (C=O) groups is 1. The van der Waals surface area contributed by atoms with Gasteiger partial charge >= 0.3 is 0 Å². The molecule has 0 unspecified atom stereocenters. The van der Waals surface area contributed by atoms with Gasteiger partial charge in [0, 0.05) is 22.3 Å². The number of hydrogen-bond acceptors (Lipinski definition) is 2. The smallest absolute Gasteiger partial charge is 0.251 e. The Balaban J connectivity index is 2.19. The molecule has 0 aliphatic rings. The number of Topliss-reactive ketones (excluding diaryl/α,β-unsaturated/α-hetero) is 1. The molecule has 2 aromatic rings. The molecule has 0 N–H and O–H groups in total. The molecule has 0 bridgehead atoms. The van der Waals surface area contributed by atoms with Crippen LogP contribution in [0.1, 0.15) is 35.7 Å². The maximum atomic E-state index is 12.2. The Morgan fingerprint density at radius 3 is 2.40 bits per heavy atom. The zero-order valence-corrected chi connectivity index (χ0v) is 13.1. The first kappa shape index (κ1) is 14.7. The molecule has 0 saturated heterocycles. The van der Waals surface area contributed by atoms with Crippen LogP contribution in [0.3, 0.4) is 0 Å². The average Bonchev–Trinajstić information content (AvgIpc) is 2.43. The lowest BCUT2D eigenvalue weighted by atomic mass is 10.0. The molecule has 104 valence electrons. The summed E-state index contributed by atoms with van der Waals surface area (Å²) in [6.07, 6.45) is 1.63. The van der Waals surface area contributed by atoms with Crippen LogP contribution in [-0.4, -0.2) is 10.4 Å². The van der Waals surface area contributed by atoms with Crippen LogP contribution in [0, 0.1) is 0 Å². The quantitative estimate of drug-likeness (QED) is 0.801. The van der Waals surface area contributed by atoms with Crippen molar-refractivity contribution in [3.63, 3.8) is 0 Å². The molecule has 1 aromatic carbocycles. The predicted molar refractivity (Wildman–Crippen MR) is 83.3 cm³/mol. The van der Waals surface area contributed by atoms with Crippen molar-refractivity contribution in [3.05, 3.63) is 68.5 Å². The van der Waals surface area contributed by atoms with E-state index >= 15 is 0 Å². The van der Waals surface area contributed by atoms with E-state index in [9.17, 15) is 9.59 Å². The van der Waals surface area contributed by atoms with Gasteiger partial charge in [0.1, 0.15) is 0 Å². The molecule has 0 aliphatic heterocycles. The fraction of sp³-hybridized carbons (Fsp3) is 0.250. The van der Waals surface area contributed by atoms with Crippen molar-refractivity contribution in [2.24, 2.45) is 0 Å². The third kappa shape index (κ3) is 3.45. The van der Waals surface area contributed by atoms with E-state index in [2.05, 4.69) is 29.8 Å². The third-order valence-corrected chi connectivity index (χ3v) is 3.63. The highest BCUT2D eigenvalue weighted by atomic mass is 79.9. The molecule has 0 aliphatic carbocycles. The molecule has 3 nitrogen and oxygen atoms in total. The van der Waals surface area contributed by atoms with Crippen molar-refractivity contribution in [2.45, 2.75) is 26.3 Å². The summed E-state index contributed by atoms with van der Waals surface area (Å²) in [6, 6.07) is 10.7. The first-order valence-corrected chi connectivity index (χ1v) is 7.26. The number of ketones is 1. The summed E-state index contributed by atoms with van der Waals surface area (Å²) in [5, 5.41) is 0. The van der Waals surface area contributed by atoms with Crippen molar-refractivity contribution in [1.82, 2.24) is 4.57 Å². The lowest BCUT2D eigenvalue weighted by molar-refractivity contribution is 0.0971. The minimum absolute atomic E-state index is 0.0549. The van der Waals surface area contributed by atoms with Crippen LogP contribution >= 0.6 is 15.9 Å². The second-order valence-corrected chi connectivity index (χ2v) is 5.93. The standard InChI is InChI=1S/C16H16BrNO2/c1-11(2)12-3-5-13(6-4-12)15(19)10-18-9-14(17)7-8-16(18)20/h3-9,11H,10H2,1-2H3. The maximum Gasteiger partial charge on any atom is 0.251 e. The van der Waals surface area contributed by atoms with Crippen LogP contribution in [0.4, 0.5) is 0 Å².